The van der Waals surface area contributed by atoms with Gasteiger partial charge in [0.15, 0.2) is 0 Å². The van der Waals surface area contributed by atoms with Gasteiger partial charge in [-0.15, -0.1) is 0 Å². The lowest BCUT2D eigenvalue weighted by atomic mass is 9.84. The zero-order valence-corrected chi connectivity index (χ0v) is 15.1. The minimum absolute atomic E-state index is 0.294. The van der Waals surface area contributed by atoms with Crippen LogP contribution in [-0.4, -0.2) is 14.3 Å². The molecular formula is C18H33NSi. The number of hydrogen-bond acceptors (Lipinski definition) is 1. The Kier molecular flexibility index (Phi) is 4.65. The summed E-state index contributed by atoms with van der Waals surface area (Å²) in [5, 5.41) is 0.294. The molecule has 1 nitrogen and oxygen atoms in total. The first-order valence-corrected chi connectivity index (χ1v) is 11.4. The normalized spacial score (nSPS) is 23.4. The predicted molar refractivity (Wildman–Crippen MR) is 92.5 cm³/mol. The monoisotopic (exact) mass is 291 g/mol. The van der Waals surface area contributed by atoms with Crippen molar-refractivity contribution in [1.82, 2.24) is 4.98 Å². The van der Waals surface area contributed by atoms with Gasteiger partial charge in [0.1, 0.15) is 8.24 Å². The third-order valence-corrected chi connectivity index (χ3v) is 9.02. The molecule has 0 amide bonds. The van der Waals surface area contributed by atoms with Crippen LogP contribution >= 0.6 is 0 Å². The van der Waals surface area contributed by atoms with E-state index in [9.17, 15) is 0 Å². The molecule has 2 rings (SSSR count). The molecule has 1 N–H and O–H groups in total. The molecule has 0 heterocycles. The van der Waals surface area contributed by atoms with Crippen molar-refractivity contribution in [2.75, 3.05) is 0 Å². The van der Waals surface area contributed by atoms with E-state index in [0.29, 0.717) is 10.5 Å². The highest BCUT2D eigenvalue weighted by Crippen LogP contribution is 2.51. The van der Waals surface area contributed by atoms with Crippen LogP contribution in [0, 0.1) is 5.41 Å². The van der Waals surface area contributed by atoms with Crippen molar-refractivity contribution in [2.45, 2.75) is 83.5 Å². The smallest absolute Gasteiger partial charge is 0.133 e. The van der Waals surface area contributed by atoms with Gasteiger partial charge in [0, 0.05) is 11.1 Å². The van der Waals surface area contributed by atoms with Crippen molar-refractivity contribution in [3.63, 3.8) is 0 Å². The number of hydrogen-bond donors (Lipinski definition) is 1. The van der Waals surface area contributed by atoms with Crippen LogP contribution in [0.25, 0.3) is 0 Å². The van der Waals surface area contributed by atoms with Gasteiger partial charge in [0.05, 0.1) is 0 Å². The maximum atomic E-state index is 4.14. The molecule has 114 valence electrons. The maximum Gasteiger partial charge on any atom is 0.133 e. The Morgan fingerprint density at radius 3 is 2.10 bits per heavy atom. The first-order chi connectivity index (χ1) is 9.24. The van der Waals surface area contributed by atoms with Crippen molar-refractivity contribution in [2.24, 2.45) is 5.41 Å². The molecule has 2 aliphatic carbocycles. The summed E-state index contributed by atoms with van der Waals surface area (Å²) in [6, 6.07) is 0.768. The van der Waals surface area contributed by atoms with E-state index in [1.54, 1.807) is 0 Å². The fourth-order valence-corrected chi connectivity index (χ4v) is 7.61. The van der Waals surface area contributed by atoms with E-state index in [1.807, 2.05) is 0 Å². The molecule has 0 unspecified atom stereocenters. The lowest BCUT2D eigenvalue weighted by molar-refractivity contribution is 0.346. The summed E-state index contributed by atoms with van der Waals surface area (Å²) >= 11 is 0. The fraction of sp³-hybridized carbons (Fsp3) is 0.778. The first-order valence-electron chi connectivity index (χ1n) is 8.39. The molecule has 2 heteroatoms. The minimum Gasteiger partial charge on any atom is -0.334 e. The third-order valence-electron chi connectivity index (χ3n) is 5.05. The SMILES string of the molecule is CC(C)(C)CC1([Si](C)(C)NC2CCCCC2)C=CC=C1. The van der Waals surface area contributed by atoms with Crippen LogP contribution in [0.15, 0.2) is 24.3 Å². The van der Waals surface area contributed by atoms with Crippen LogP contribution in [0.3, 0.4) is 0 Å². The molecule has 1 fully saturated rings. The summed E-state index contributed by atoms with van der Waals surface area (Å²) < 4.78 is 0. The highest BCUT2D eigenvalue weighted by molar-refractivity contribution is 6.79. The Balaban J connectivity index is 2.14. The van der Waals surface area contributed by atoms with Crippen LogP contribution in [0.1, 0.15) is 59.3 Å². The molecule has 2 aliphatic rings. The van der Waals surface area contributed by atoms with Gasteiger partial charge < -0.3 is 4.98 Å². The van der Waals surface area contributed by atoms with Gasteiger partial charge in [-0.2, -0.15) is 0 Å². The molecule has 0 spiro atoms. The molecule has 0 radical (unpaired) electrons. The largest absolute Gasteiger partial charge is 0.334 e. The van der Waals surface area contributed by atoms with Crippen LogP contribution in [0.2, 0.25) is 18.1 Å². The number of rotatable bonds is 4. The Labute approximate surface area is 127 Å². The topological polar surface area (TPSA) is 12.0 Å². The van der Waals surface area contributed by atoms with Crippen molar-refractivity contribution >= 4 is 8.24 Å². The highest BCUT2D eigenvalue weighted by atomic mass is 28.3. The second-order valence-electron chi connectivity index (χ2n) is 8.60. The lowest BCUT2D eigenvalue weighted by Crippen LogP contribution is -2.58. The summed E-state index contributed by atoms with van der Waals surface area (Å²) in [5.41, 5.74) is 0.373. The van der Waals surface area contributed by atoms with E-state index >= 15 is 0 Å². The van der Waals surface area contributed by atoms with E-state index in [0.717, 1.165) is 6.04 Å². The minimum atomic E-state index is -1.54. The Morgan fingerprint density at radius 2 is 1.60 bits per heavy atom. The zero-order valence-electron chi connectivity index (χ0n) is 14.1. The lowest BCUT2D eigenvalue weighted by Gasteiger charge is -2.46. The van der Waals surface area contributed by atoms with Crippen LogP contribution in [-0.2, 0) is 0 Å². The maximum absolute atomic E-state index is 4.14. The summed E-state index contributed by atoms with van der Waals surface area (Å²) in [6.07, 6.45) is 17.8. The molecule has 0 aromatic rings. The third kappa shape index (κ3) is 3.65. The summed E-state index contributed by atoms with van der Waals surface area (Å²) in [7, 11) is -1.54. The molecule has 0 saturated heterocycles. The van der Waals surface area contributed by atoms with Gasteiger partial charge in [0.25, 0.3) is 0 Å². The van der Waals surface area contributed by atoms with Crippen LogP contribution in [0.4, 0.5) is 0 Å². The molecule has 1 saturated carbocycles. The standard InChI is InChI=1S/C18H33NSi/c1-17(2,3)15-18(13-9-10-14-18)20(4,5)19-16-11-7-6-8-12-16/h9-10,13-14,16,19H,6-8,11-12,15H2,1-5H3. The van der Waals surface area contributed by atoms with Crippen LogP contribution < -0.4 is 4.98 Å². The second-order valence-corrected chi connectivity index (χ2v) is 13.1. The summed E-state index contributed by atoms with van der Waals surface area (Å²) in [5.74, 6) is 0. The van der Waals surface area contributed by atoms with Gasteiger partial charge in [-0.3, -0.25) is 0 Å². The zero-order chi connectivity index (χ0) is 14.9. The van der Waals surface area contributed by atoms with Gasteiger partial charge in [0.2, 0.25) is 0 Å². The van der Waals surface area contributed by atoms with Gasteiger partial charge in [-0.25, -0.2) is 0 Å². The molecule has 0 aliphatic heterocycles. The molecule has 20 heavy (non-hydrogen) atoms. The van der Waals surface area contributed by atoms with E-state index in [-0.39, 0.29) is 0 Å². The molecular weight excluding hydrogens is 258 g/mol. The highest BCUT2D eigenvalue weighted by Gasteiger charge is 2.47. The van der Waals surface area contributed by atoms with E-state index in [2.05, 4.69) is 63.2 Å². The molecule has 0 bridgehead atoms. The van der Waals surface area contributed by atoms with Crippen molar-refractivity contribution < 1.29 is 0 Å². The number of allylic oxidation sites excluding steroid dienone is 4. The second kappa shape index (κ2) is 5.80. The Hall–Kier alpha value is -0.343. The van der Waals surface area contributed by atoms with Gasteiger partial charge >= 0.3 is 0 Å². The average Bonchev–Trinajstić information content (AvgIpc) is 2.77. The van der Waals surface area contributed by atoms with Crippen molar-refractivity contribution in [3.8, 4) is 0 Å². The first kappa shape index (κ1) is 16.0. The Bertz CT molecular complexity index is 369. The summed E-state index contributed by atoms with van der Waals surface area (Å²) in [6.45, 7) is 12.2. The van der Waals surface area contributed by atoms with E-state index in [4.69, 9.17) is 0 Å². The van der Waals surface area contributed by atoms with Gasteiger partial charge in [-0.05, 0) is 24.7 Å². The fourth-order valence-electron chi connectivity index (χ4n) is 4.03. The van der Waals surface area contributed by atoms with E-state index in [1.165, 1.54) is 38.5 Å². The quantitative estimate of drug-likeness (QED) is 0.682. The van der Waals surface area contributed by atoms with Crippen molar-refractivity contribution in [1.29, 1.82) is 0 Å². The Morgan fingerprint density at radius 1 is 1.05 bits per heavy atom. The molecule has 0 aromatic carbocycles. The van der Waals surface area contributed by atoms with Crippen molar-refractivity contribution in [3.05, 3.63) is 24.3 Å². The predicted octanol–water partition coefficient (Wildman–Crippen LogP) is 5.42. The van der Waals surface area contributed by atoms with Crippen LogP contribution in [0.5, 0.6) is 0 Å². The number of nitrogens with one attached hydrogen (secondary N) is 1. The molecule has 0 atom stereocenters. The summed E-state index contributed by atoms with van der Waals surface area (Å²) in [4.78, 5) is 4.14. The van der Waals surface area contributed by atoms with Gasteiger partial charge in [-0.1, -0.05) is 77.4 Å². The molecule has 0 aromatic heterocycles. The van der Waals surface area contributed by atoms with E-state index < -0.39 is 8.24 Å². The average molecular weight is 292 g/mol.